The fourth-order valence-corrected chi connectivity index (χ4v) is 5.59. The van der Waals surface area contributed by atoms with Crippen LogP contribution >= 0.6 is 23.1 Å². The average Bonchev–Trinajstić information content (AvgIpc) is 3.18. The van der Waals surface area contributed by atoms with Gasteiger partial charge in [-0.05, 0) is 50.8 Å². The SMILES string of the molecule is Cc1nc(S[C@H](C)C(=O)Nc2cc(F)ccc2F)c2c3c(sc2n1)CCC3. The first kappa shape index (κ1) is 18.3. The molecule has 3 aromatic rings. The molecule has 0 saturated heterocycles. The number of thioether (sulfide) groups is 1. The Hall–Kier alpha value is -2.06. The zero-order valence-electron chi connectivity index (χ0n) is 14.8. The normalized spacial score (nSPS) is 14.4. The van der Waals surface area contributed by atoms with Crippen LogP contribution in [0.25, 0.3) is 10.2 Å². The van der Waals surface area contributed by atoms with Crippen molar-refractivity contribution in [1.29, 1.82) is 0 Å². The average molecular weight is 405 g/mol. The van der Waals surface area contributed by atoms with Crippen molar-refractivity contribution >= 4 is 44.9 Å². The molecule has 0 unspecified atom stereocenters. The third-order valence-electron chi connectivity index (χ3n) is 4.49. The number of benzene rings is 1. The van der Waals surface area contributed by atoms with Gasteiger partial charge in [-0.3, -0.25) is 4.79 Å². The monoisotopic (exact) mass is 405 g/mol. The van der Waals surface area contributed by atoms with E-state index in [4.69, 9.17) is 0 Å². The number of amides is 1. The van der Waals surface area contributed by atoms with E-state index in [1.807, 2.05) is 6.92 Å². The Morgan fingerprint density at radius 3 is 2.93 bits per heavy atom. The van der Waals surface area contributed by atoms with Crippen molar-refractivity contribution in [3.63, 3.8) is 0 Å². The minimum Gasteiger partial charge on any atom is -0.323 e. The van der Waals surface area contributed by atoms with E-state index in [1.165, 1.54) is 22.2 Å². The molecule has 2 aromatic heterocycles. The summed E-state index contributed by atoms with van der Waals surface area (Å²) in [5.74, 6) is -1.01. The maximum Gasteiger partial charge on any atom is 0.237 e. The molecule has 0 radical (unpaired) electrons. The van der Waals surface area contributed by atoms with E-state index in [-0.39, 0.29) is 5.69 Å². The Balaban J connectivity index is 1.60. The molecule has 1 amide bonds. The molecule has 0 fully saturated rings. The molecule has 1 atom stereocenters. The van der Waals surface area contributed by atoms with Crippen LogP contribution in [-0.4, -0.2) is 21.1 Å². The summed E-state index contributed by atoms with van der Waals surface area (Å²) in [6.07, 6.45) is 3.20. The molecule has 27 heavy (non-hydrogen) atoms. The van der Waals surface area contributed by atoms with Gasteiger partial charge in [0, 0.05) is 16.3 Å². The van der Waals surface area contributed by atoms with Gasteiger partial charge in [0.05, 0.1) is 10.9 Å². The van der Waals surface area contributed by atoms with Crippen LogP contribution in [0.1, 0.15) is 29.6 Å². The first-order chi connectivity index (χ1) is 12.9. The number of anilines is 1. The number of nitrogens with zero attached hydrogens (tertiary/aromatic N) is 2. The zero-order valence-corrected chi connectivity index (χ0v) is 16.4. The van der Waals surface area contributed by atoms with Crippen LogP contribution in [0.4, 0.5) is 14.5 Å². The van der Waals surface area contributed by atoms with Gasteiger partial charge in [0.2, 0.25) is 5.91 Å². The number of hydrogen-bond acceptors (Lipinski definition) is 5. The number of aromatic nitrogens is 2. The summed E-state index contributed by atoms with van der Waals surface area (Å²) in [5.41, 5.74) is 1.13. The van der Waals surface area contributed by atoms with Crippen LogP contribution in [0.3, 0.4) is 0 Å². The predicted octanol–water partition coefficient (Wildman–Crippen LogP) is 4.89. The number of carbonyl (C=O) groups is 1. The fourth-order valence-electron chi connectivity index (χ4n) is 3.20. The molecule has 0 aliphatic heterocycles. The van der Waals surface area contributed by atoms with Crippen LogP contribution in [-0.2, 0) is 17.6 Å². The Kier molecular flexibility index (Phi) is 4.86. The van der Waals surface area contributed by atoms with Gasteiger partial charge in [-0.25, -0.2) is 18.7 Å². The van der Waals surface area contributed by atoms with E-state index in [9.17, 15) is 13.6 Å². The molecule has 2 heterocycles. The molecule has 0 saturated carbocycles. The van der Waals surface area contributed by atoms with Crippen molar-refractivity contribution in [2.45, 2.75) is 43.4 Å². The van der Waals surface area contributed by atoms with E-state index in [1.54, 1.807) is 18.3 Å². The van der Waals surface area contributed by atoms with Gasteiger partial charge in [0.25, 0.3) is 0 Å². The van der Waals surface area contributed by atoms with Crippen LogP contribution in [0, 0.1) is 18.6 Å². The number of nitrogens with one attached hydrogen (secondary N) is 1. The molecule has 1 aliphatic carbocycles. The Labute approximate surface area is 163 Å². The van der Waals surface area contributed by atoms with E-state index in [0.717, 1.165) is 52.7 Å². The molecular formula is C19H17F2N3OS2. The van der Waals surface area contributed by atoms with Gasteiger partial charge in [-0.2, -0.15) is 0 Å². The van der Waals surface area contributed by atoms with E-state index < -0.39 is 22.8 Å². The highest BCUT2D eigenvalue weighted by Crippen LogP contribution is 2.41. The molecule has 1 aromatic carbocycles. The van der Waals surface area contributed by atoms with Crippen molar-refractivity contribution in [1.82, 2.24) is 9.97 Å². The first-order valence-corrected chi connectivity index (χ1v) is 10.3. The lowest BCUT2D eigenvalue weighted by Crippen LogP contribution is -2.23. The summed E-state index contributed by atoms with van der Waals surface area (Å²) in [4.78, 5) is 23.9. The maximum atomic E-state index is 13.8. The molecule has 8 heteroatoms. The molecule has 4 rings (SSSR count). The number of halogens is 2. The molecule has 1 N–H and O–H groups in total. The quantitative estimate of drug-likeness (QED) is 0.496. The number of aryl methyl sites for hydroxylation is 3. The van der Waals surface area contributed by atoms with Gasteiger partial charge in [-0.15, -0.1) is 11.3 Å². The first-order valence-electron chi connectivity index (χ1n) is 8.64. The number of carbonyl (C=O) groups excluding carboxylic acids is 1. The van der Waals surface area contributed by atoms with Gasteiger partial charge >= 0.3 is 0 Å². The van der Waals surface area contributed by atoms with Crippen LogP contribution < -0.4 is 5.32 Å². The summed E-state index contributed by atoms with van der Waals surface area (Å²) in [6.45, 7) is 3.56. The molecule has 1 aliphatic rings. The molecule has 140 valence electrons. The van der Waals surface area contributed by atoms with Crippen molar-refractivity contribution in [3.05, 3.63) is 46.1 Å². The third-order valence-corrected chi connectivity index (χ3v) is 6.76. The van der Waals surface area contributed by atoms with Gasteiger partial charge in [0.15, 0.2) is 0 Å². The lowest BCUT2D eigenvalue weighted by Gasteiger charge is -2.13. The second kappa shape index (κ2) is 7.16. The van der Waals surface area contributed by atoms with Crippen molar-refractivity contribution in [2.24, 2.45) is 0 Å². The summed E-state index contributed by atoms with van der Waals surface area (Å²) in [5, 5.41) is 3.76. The molecule has 0 spiro atoms. The third kappa shape index (κ3) is 3.55. The predicted molar refractivity (Wildman–Crippen MR) is 104 cm³/mol. The largest absolute Gasteiger partial charge is 0.323 e. The van der Waals surface area contributed by atoms with Crippen LogP contribution in [0.2, 0.25) is 0 Å². The van der Waals surface area contributed by atoms with Gasteiger partial charge in [0.1, 0.15) is 27.3 Å². The second-order valence-electron chi connectivity index (χ2n) is 6.49. The van der Waals surface area contributed by atoms with Crippen LogP contribution in [0.5, 0.6) is 0 Å². The Bertz CT molecular complexity index is 1050. The van der Waals surface area contributed by atoms with Gasteiger partial charge in [-0.1, -0.05) is 11.8 Å². The topological polar surface area (TPSA) is 54.9 Å². The number of fused-ring (bicyclic) bond motifs is 3. The Morgan fingerprint density at radius 2 is 2.11 bits per heavy atom. The maximum absolute atomic E-state index is 13.8. The van der Waals surface area contributed by atoms with Crippen molar-refractivity contribution in [2.75, 3.05) is 5.32 Å². The second-order valence-corrected chi connectivity index (χ2v) is 8.90. The highest BCUT2D eigenvalue weighted by molar-refractivity contribution is 8.00. The molecule has 0 bridgehead atoms. The lowest BCUT2D eigenvalue weighted by atomic mass is 10.2. The summed E-state index contributed by atoms with van der Waals surface area (Å²) < 4.78 is 27.1. The zero-order chi connectivity index (χ0) is 19.1. The molecular weight excluding hydrogens is 388 g/mol. The van der Waals surface area contributed by atoms with Gasteiger partial charge < -0.3 is 5.32 Å². The van der Waals surface area contributed by atoms with E-state index in [2.05, 4.69) is 15.3 Å². The fraction of sp³-hybridized carbons (Fsp3) is 0.316. The minimum absolute atomic E-state index is 0.159. The van der Waals surface area contributed by atoms with E-state index in [0.29, 0.717) is 5.82 Å². The standard InChI is InChI=1S/C19H17F2N3OS2/c1-9(17(25)24-14-8-11(20)6-7-13(14)21)26-18-16-12-4-3-5-15(12)27-19(16)23-10(2)22-18/h6-9H,3-5H2,1-2H3,(H,24,25)/t9-/m1/s1. The summed E-state index contributed by atoms with van der Waals surface area (Å²) in [6, 6.07) is 2.98. The number of thiophene rings is 1. The van der Waals surface area contributed by atoms with Crippen molar-refractivity contribution in [3.8, 4) is 0 Å². The van der Waals surface area contributed by atoms with Crippen LogP contribution in [0.15, 0.2) is 23.2 Å². The van der Waals surface area contributed by atoms with E-state index >= 15 is 0 Å². The highest BCUT2D eigenvalue weighted by Gasteiger charge is 2.25. The lowest BCUT2D eigenvalue weighted by molar-refractivity contribution is -0.115. The Morgan fingerprint density at radius 1 is 1.30 bits per heavy atom. The number of hydrogen-bond donors (Lipinski definition) is 1. The molecule has 4 nitrogen and oxygen atoms in total. The smallest absolute Gasteiger partial charge is 0.237 e. The summed E-state index contributed by atoms with van der Waals surface area (Å²) in [7, 11) is 0. The highest BCUT2D eigenvalue weighted by atomic mass is 32.2. The minimum atomic E-state index is -0.669. The summed E-state index contributed by atoms with van der Waals surface area (Å²) >= 11 is 3.02. The van der Waals surface area contributed by atoms with Crippen molar-refractivity contribution < 1.29 is 13.6 Å². The number of rotatable bonds is 4.